The van der Waals surface area contributed by atoms with Crippen molar-refractivity contribution in [2.75, 3.05) is 0 Å². The van der Waals surface area contributed by atoms with E-state index in [2.05, 4.69) is 36.4 Å². The molecular weight excluding hydrogens is 244 g/mol. The second kappa shape index (κ2) is 8.31. The monoisotopic (exact) mass is 266 g/mol. The predicted molar refractivity (Wildman–Crippen MR) is 83.8 cm³/mol. The molecule has 0 aromatic heterocycles. The van der Waals surface area contributed by atoms with Crippen molar-refractivity contribution < 1.29 is 4.79 Å². The van der Waals surface area contributed by atoms with Crippen LogP contribution in [0.3, 0.4) is 0 Å². The van der Waals surface area contributed by atoms with E-state index in [0.717, 1.165) is 32.1 Å². The zero-order valence-electron chi connectivity index (χ0n) is 11.9. The Kier molecular flexibility index (Phi) is 6.04. The molecule has 0 radical (unpaired) electrons. The van der Waals surface area contributed by atoms with E-state index in [-0.39, 0.29) is 0 Å². The van der Waals surface area contributed by atoms with Crippen LogP contribution in [0, 0.1) is 0 Å². The maximum Gasteiger partial charge on any atom is 0.133 e. The highest BCUT2D eigenvalue weighted by molar-refractivity contribution is 5.78. The molecule has 0 atom stereocenters. The number of hydrogen-bond donors (Lipinski definition) is 0. The Hall–Kier alpha value is -1.89. The number of ketones is 1. The van der Waals surface area contributed by atoms with Crippen molar-refractivity contribution in [2.45, 2.75) is 38.5 Å². The molecular formula is C19H22O. The van der Waals surface area contributed by atoms with Crippen LogP contribution in [-0.2, 0) is 17.6 Å². The van der Waals surface area contributed by atoms with Gasteiger partial charge < -0.3 is 0 Å². The molecule has 2 aromatic carbocycles. The summed E-state index contributed by atoms with van der Waals surface area (Å²) in [5, 5.41) is 0. The van der Waals surface area contributed by atoms with E-state index in [0.29, 0.717) is 12.2 Å². The first kappa shape index (κ1) is 14.5. The summed E-state index contributed by atoms with van der Waals surface area (Å²) in [6.07, 6.45) is 5.45. The average Bonchev–Trinajstić information content (AvgIpc) is 2.52. The molecule has 0 fully saturated rings. The van der Waals surface area contributed by atoms with E-state index in [1.807, 2.05) is 24.3 Å². The number of unbranched alkanes of at least 4 members (excludes halogenated alkanes) is 1. The van der Waals surface area contributed by atoms with Crippen LogP contribution in [0.2, 0.25) is 0 Å². The van der Waals surface area contributed by atoms with Crippen LogP contribution < -0.4 is 0 Å². The number of rotatable bonds is 8. The Morgan fingerprint density at radius 2 is 1.20 bits per heavy atom. The van der Waals surface area contributed by atoms with Crippen molar-refractivity contribution in [1.82, 2.24) is 0 Å². The number of carbonyl (C=O) groups is 1. The fraction of sp³-hybridized carbons (Fsp3) is 0.316. The average molecular weight is 266 g/mol. The number of benzene rings is 2. The van der Waals surface area contributed by atoms with E-state index >= 15 is 0 Å². The Morgan fingerprint density at radius 1 is 0.650 bits per heavy atom. The SMILES string of the molecule is O=C(CCCCc1ccccc1)CCc1ccccc1. The van der Waals surface area contributed by atoms with Gasteiger partial charge in [-0.2, -0.15) is 0 Å². The van der Waals surface area contributed by atoms with E-state index in [1.165, 1.54) is 11.1 Å². The van der Waals surface area contributed by atoms with Gasteiger partial charge in [-0.15, -0.1) is 0 Å². The van der Waals surface area contributed by atoms with Crippen LogP contribution in [0.15, 0.2) is 60.7 Å². The first-order chi connectivity index (χ1) is 9.84. The van der Waals surface area contributed by atoms with Gasteiger partial charge in [0.25, 0.3) is 0 Å². The molecule has 0 spiro atoms. The second-order valence-corrected chi connectivity index (χ2v) is 5.22. The summed E-state index contributed by atoms with van der Waals surface area (Å²) in [6, 6.07) is 20.7. The molecule has 2 aromatic rings. The smallest absolute Gasteiger partial charge is 0.133 e. The molecule has 0 heterocycles. The molecule has 2 rings (SSSR count). The minimum Gasteiger partial charge on any atom is -0.300 e. The van der Waals surface area contributed by atoms with Crippen LogP contribution in [0.25, 0.3) is 0 Å². The Balaban J connectivity index is 1.59. The van der Waals surface area contributed by atoms with E-state index in [1.54, 1.807) is 0 Å². The highest BCUT2D eigenvalue weighted by atomic mass is 16.1. The number of aryl methyl sites for hydroxylation is 2. The Morgan fingerprint density at radius 3 is 1.80 bits per heavy atom. The molecule has 0 bridgehead atoms. The molecule has 0 aliphatic heterocycles. The highest BCUT2D eigenvalue weighted by Crippen LogP contribution is 2.09. The van der Waals surface area contributed by atoms with Crippen LogP contribution >= 0.6 is 0 Å². The van der Waals surface area contributed by atoms with E-state index < -0.39 is 0 Å². The molecule has 0 N–H and O–H groups in total. The largest absolute Gasteiger partial charge is 0.300 e. The summed E-state index contributed by atoms with van der Waals surface area (Å²) >= 11 is 0. The van der Waals surface area contributed by atoms with Crippen molar-refractivity contribution >= 4 is 5.78 Å². The van der Waals surface area contributed by atoms with Gasteiger partial charge in [0.2, 0.25) is 0 Å². The summed E-state index contributed by atoms with van der Waals surface area (Å²) in [7, 11) is 0. The quantitative estimate of drug-likeness (QED) is 0.638. The molecule has 20 heavy (non-hydrogen) atoms. The summed E-state index contributed by atoms with van der Waals surface area (Å²) < 4.78 is 0. The third-order valence-corrected chi connectivity index (χ3v) is 3.55. The van der Waals surface area contributed by atoms with Crippen LogP contribution in [0.4, 0.5) is 0 Å². The van der Waals surface area contributed by atoms with Crippen molar-refractivity contribution in [3.8, 4) is 0 Å². The summed E-state index contributed by atoms with van der Waals surface area (Å²) in [4.78, 5) is 11.8. The predicted octanol–water partition coefficient (Wildman–Crippen LogP) is 4.60. The molecule has 0 saturated carbocycles. The van der Waals surface area contributed by atoms with Gasteiger partial charge in [-0.3, -0.25) is 4.79 Å². The van der Waals surface area contributed by atoms with Gasteiger partial charge in [0.1, 0.15) is 5.78 Å². The van der Waals surface area contributed by atoms with Crippen LogP contribution in [0.5, 0.6) is 0 Å². The fourth-order valence-electron chi connectivity index (χ4n) is 2.35. The molecule has 1 nitrogen and oxygen atoms in total. The minimum absolute atomic E-state index is 0.391. The van der Waals surface area contributed by atoms with Crippen molar-refractivity contribution in [2.24, 2.45) is 0 Å². The van der Waals surface area contributed by atoms with Crippen molar-refractivity contribution in [1.29, 1.82) is 0 Å². The van der Waals surface area contributed by atoms with Gasteiger partial charge in [-0.25, -0.2) is 0 Å². The molecule has 0 unspecified atom stereocenters. The van der Waals surface area contributed by atoms with Gasteiger partial charge >= 0.3 is 0 Å². The molecule has 0 aliphatic carbocycles. The fourth-order valence-corrected chi connectivity index (χ4v) is 2.35. The summed E-state index contributed by atoms with van der Waals surface area (Å²) in [5.74, 6) is 0.391. The number of carbonyl (C=O) groups excluding carboxylic acids is 1. The lowest BCUT2D eigenvalue weighted by atomic mass is 10.0. The molecule has 0 aliphatic rings. The molecule has 104 valence electrons. The van der Waals surface area contributed by atoms with Gasteiger partial charge in [0.05, 0.1) is 0 Å². The topological polar surface area (TPSA) is 17.1 Å². The zero-order valence-corrected chi connectivity index (χ0v) is 11.9. The number of Topliss-reactive ketones (excluding diaryl/α,β-unsaturated/α-hetero) is 1. The molecule has 0 saturated heterocycles. The minimum atomic E-state index is 0.391. The van der Waals surface area contributed by atoms with Gasteiger partial charge in [-0.1, -0.05) is 60.7 Å². The summed E-state index contributed by atoms with van der Waals surface area (Å²) in [6.45, 7) is 0. The number of hydrogen-bond acceptors (Lipinski definition) is 1. The Bertz CT molecular complexity index is 502. The van der Waals surface area contributed by atoms with E-state index in [9.17, 15) is 4.79 Å². The molecule has 1 heteroatoms. The maximum atomic E-state index is 11.8. The Labute approximate surface area is 121 Å². The first-order valence-electron chi connectivity index (χ1n) is 7.44. The lowest BCUT2D eigenvalue weighted by molar-refractivity contribution is -0.119. The van der Waals surface area contributed by atoms with Gasteiger partial charge in [0.15, 0.2) is 0 Å². The third kappa shape index (κ3) is 5.40. The van der Waals surface area contributed by atoms with Gasteiger partial charge in [-0.05, 0) is 36.8 Å². The van der Waals surface area contributed by atoms with E-state index in [4.69, 9.17) is 0 Å². The van der Waals surface area contributed by atoms with Crippen molar-refractivity contribution in [3.63, 3.8) is 0 Å². The molecule has 0 amide bonds. The standard InChI is InChI=1S/C19H22O/c20-19(16-15-18-11-5-2-6-12-18)14-8-7-13-17-9-3-1-4-10-17/h1-6,9-12H,7-8,13-16H2. The highest BCUT2D eigenvalue weighted by Gasteiger charge is 2.02. The lowest BCUT2D eigenvalue weighted by Crippen LogP contribution is -2.00. The maximum absolute atomic E-state index is 11.8. The third-order valence-electron chi connectivity index (χ3n) is 3.55. The first-order valence-corrected chi connectivity index (χ1v) is 7.44. The zero-order chi connectivity index (χ0) is 14.0. The van der Waals surface area contributed by atoms with Gasteiger partial charge in [0, 0.05) is 12.8 Å². The summed E-state index contributed by atoms with van der Waals surface area (Å²) in [5.41, 5.74) is 2.62. The normalized spacial score (nSPS) is 10.4. The van der Waals surface area contributed by atoms with Crippen molar-refractivity contribution in [3.05, 3.63) is 71.8 Å². The lowest BCUT2D eigenvalue weighted by Gasteiger charge is -2.03. The van der Waals surface area contributed by atoms with Crippen LogP contribution in [0.1, 0.15) is 36.8 Å². The second-order valence-electron chi connectivity index (χ2n) is 5.22. The van der Waals surface area contributed by atoms with Crippen LogP contribution in [-0.4, -0.2) is 5.78 Å².